The molecule has 0 radical (unpaired) electrons. The van der Waals surface area contributed by atoms with Crippen molar-refractivity contribution in [3.05, 3.63) is 33.1 Å². The number of hydrogen-bond donors (Lipinski definition) is 2. The first kappa shape index (κ1) is 8.45. The van der Waals surface area contributed by atoms with Gasteiger partial charge < -0.3 is 5.73 Å². The third-order valence-electron chi connectivity index (χ3n) is 1.23. The van der Waals surface area contributed by atoms with Crippen LogP contribution in [0.5, 0.6) is 0 Å². The van der Waals surface area contributed by atoms with Crippen molar-refractivity contribution in [2.24, 2.45) is 5.73 Å². The van der Waals surface area contributed by atoms with Crippen molar-refractivity contribution >= 4 is 28.4 Å². The molecule has 0 amide bonds. The van der Waals surface area contributed by atoms with Crippen LogP contribution in [0, 0.1) is 14.8 Å². The molecule has 1 rings (SSSR count). The van der Waals surface area contributed by atoms with Crippen LogP contribution in [0.3, 0.4) is 0 Å². The van der Waals surface area contributed by atoms with Gasteiger partial charge in [0.05, 0.1) is 0 Å². The molecule has 0 aliphatic carbocycles. The predicted octanol–water partition coefficient (Wildman–Crippen LogP) is 1.71. The Balaban J connectivity index is 3.15. The van der Waals surface area contributed by atoms with Crippen LogP contribution in [-0.2, 0) is 0 Å². The maximum Gasteiger partial charge on any atom is 0.137 e. The van der Waals surface area contributed by atoms with Crippen LogP contribution in [0.25, 0.3) is 0 Å². The van der Waals surface area contributed by atoms with Gasteiger partial charge in [0.1, 0.15) is 11.7 Å². The Hall–Kier alpha value is -0.650. The number of nitrogens with one attached hydrogen (secondary N) is 1. The van der Waals surface area contributed by atoms with Gasteiger partial charge in [0.25, 0.3) is 0 Å². The first-order valence-electron chi connectivity index (χ1n) is 2.90. The van der Waals surface area contributed by atoms with Crippen molar-refractivity contribution in [2.45, 2.75) is 0 Å². The Morgan fingerprint density at radius 3 is 2.64 bits per heavy atom. The fourth-order valence-electron chi connectivity index (χ4n) is 0.664. The lowest BCUT2D eigenvalue weighted by Gasteiger charge is -1.98. The summed E-state index contributed by atoms with van der Waals surface area (Å²) in [5.74, 6) is -0.446. The number of nitrogens with two attached hydrogens (primary N) is 1. The number of amidine groups is 1. The third kappa shape index (κ3) is 1.89. The number of rotatable bonds is 1. The van der Waals surface area contributed by atoms with Crippen molar-refractivity contribution in [1.29, 1.82) is 5.41 Å². The minimum atomic E-state index is -0.335. The van der Waals surface area contributed by atoms with E-state index in [-0.39, 0.29) is 11.7 Å². The van der Waals surface area contributed by atoms with Gasteiger partial charge in [-0.15, -0.1) is 0 Å². The Morgan fingerprint density at radius 1 is 1.55 bits per heavy atom. The molecule has 0 saturated carbocycles. The number of nitrogen functional groups attached to an aromatic ring is 1. The molecule has 0 heterocycles. The number of halogens is 2. The Morgan fingerprint density at radius 2 is 2.18 bits per heavy atom. The second kappa shape index (κ2) is 3.17. The quantitative estimate of drug-likeness (QED) is 0.453. The van der Waals surface area contributed by atoms with Crippen molar-refractivity contribution in [3.63, 3.8) is 0 Å². The average Bonchev–Trinajstić information content (AvgIpc) is 1.94. The second-order valence-corrected chi connectivity index (χ2v) is 3.20. The van der Waals surface area contributed by atoms with Gasteiger partial charge in [0, 0.05) is 9.13 Å². The summed E-state index contributed by atoms with van der Waals surface area (Å²) in [4.78, 5) is 0. The molecule has 0 saturated heterocycles. The topological polar surface area (TPSA) is 49.9 Å². The van der Waals surface area contributed by atoms with Crippen molar-refractivity contribution in [3.8, 4) is 0 Å². The zero-order chi connectivity index (χ0) is 8.43. The standard InChI is InChI=1S/C7H6FIN2/c8-5-3-4(7(10)11)1-2-6(5)9/h1-3H,(H3,10,11). The molecule has 0 aliphatic rings. The lowest BCUT2D eigenvalue weighted by molar-refractivity contribution is 0.620. The fourth-order valence-corrected chi connectivity index (χ4v) is 0.999. The summed E-state index contributed by atoms with van der Waals surface area (Å²) in [6.45, 7) is 0. The molecule has 4 heteroatoms. The normalized spacial score (nSPS) is 9.64. The minimum Gasteiger partial charge on any atom is -0.384 e. The minimum absolute atomic E-state index is 0.111. The highest BCUT2D eigenvalue weighted by Crippen LogP contribution is 2.11. The fraction of sp³-hybridized carbons (Fsp3) is 0. The molecule has 0 aliphatic heterocycles. The van der Waals surface area contributed by atoms with Gasteiger partial charge >= 0.3 is 0 Å². The smallest absolute Gasteiger partial charge is 0.137 e. The van der Waals surface area contributed by atoms with Gasteiger partial charge in [0.2, 0.25) is 0 Å². The number of benzene rings is 1. The van der Waals surface area contributed by atoms with E-state index in [1.54, 1.807) is 12.1 Å². The summed E-state index contributed by atoms with van der Waals surface area (Å²) in [6, 6.07) is 4.46. The van der Waals surface area contributed by atoms with Gasteiger partial charge in [-0.05, 0) is 34.7 Å². The van der Waals surface area contributed by atoms with E-state index in [0.717, 1.165) is 0 Å². The van der Waals surface area contributed by atoms with Crippen LogP contribution < -0.4 is 5.73 Å². The first-order chi connectivity index (χ1) is 5.11. The van der Waals surface area contributed by atoms with Gasteiger partial charge in [-0.25, -0.2) is 4.39 Å². The van der Waals surface area contributed by atoms with E-state index >= 15 is 0 Å². The third-order valence-corrected chi connectivity index (χ3v) is 2.11. The largest absolute Gasteiger partial charge is 0.384 e. The molecule has 0 bridgehead atoms. The van der Waals surface area contributed by atoms with Crippen LogP contribution in [-0.4, -0.2) is 5.84 Å². The van der Waals surface area contributed by atoms with E-state index in [1.807, 2.05) is 22.6 Å². The molecule has 0 fully saturated rings. The summed E-state index contributed by atoms with van der Waals surface area (Å²) in [7, 11) is 0. The molecule has 0 aromatic heterocycles. The monoisotopic (exact) mass is 264 g/mol. The van der Waals surface area contributed by atoms with Crippen molar-refractivity contribution < 1.29 is 4.39 Å². The van der Waals surface area contributed by atoms with Gasteiger partial charge in [-0.2, -0.15) is 0 Å². The van der Waals surface area contributed by atoms with E-state index in [9.17, 15) is 4.39 Å². The Labute approximate surface area is 77.2 Å². The van der Waals surface area contributed by atoms with Crippen LogP contribution in [0.15, 0.2) is 18.2 Å². The summed E-state index contributed by atoms with van der Waals surface area (Å²) in [5.41, 5.74) is 5.57. The number of hydrogen-bond acceptors (Lipinski definition) is 1. The zero-order valence-electron chi connectivity index (χ0n) is 5.57. The first-order valence-corrected chi connectivity index (χ1v) is 3.98. The molecule has 58 valence electrons. The maximum atomic E-state index is 12.8. The summed E-state index contributed by atoms with van der Waals surface area (Å²) in [6.07, 6.45) is 0. The summed E-state index contributed by atoms with van der Waals surface area (Å²) < 4.78 is 13.3. The second-order valence-electron chi connectivity index (χ2n) is 2.04. The van der Waals surface area contributed by atoms with Crippen LogP contribution >= 0.6 is 22.6 Å². The van der Waals surface area contributed by atoms with Crippen LogP contribution in [0.4, 0.5) is 4.39 Å². The van der Waals surface area contributed by atoms with Gasteiger partial charge in [-0.3, -0.25) is 5.41 Å². The van der Waals surface area contributed by atoms with E-state index in [1.165, 1.54) is 6.07 Å². The highest BCUT2D eigenvalue weighted by atomic mass is 127. The maximum absolute atomic E-state index is 12.8. The summed E-state index contributed by atoms with van der Waals surface area (Å²) >= 11 is 1.88. The molecule has 1 aromatic carbocycles. The van der Waals surface area contributed by atoms with E-state index in [2.05, 4.69) is 0 Å². The molecule has 0 spiro atoms. The van der Waals surface area contributed by atoms with Gasteiger partial charge in [-0.1, -0.05) is 6.07 Å². The SMILES string of the molecule is N=C(N)c1ccc(I)c(F)c1. The van der Waals surface area contributed by atoms with E-state index in [4.69, 9.17) is 11.1 Å². The molecule has 11 heavy (non-hydrogen) atoms. The predicted molar refractivity (Wildman–Crippen MR) is 50.1 cm³/mol. The van der Waals surface area contributed by atoms with E-state index < -0.39 is 0 Å². The lowest BCUT2D eigenvalue weighted by Crippen LogP contribution is -2.11. The summed E-state index contributed by atoms with van der Waals surface area (Å²) in [5, 5.41) is 7.01. The lowest BCUT2D eigenvalue weighted by atomic mass is 10.2. The Bertz CT molecular complexity index is 298. The van der Waals surface area contributed by atoms with Gasteiger partial charge in [0.15, 0.2) is 0 Å². The zero-order valence-corrected chi connectivity index (χ0v) is 7.72. The van der Waals surface area contributed by atoms with E-state index in [0.29, 0.717) is 9.13 Å². The Kier molecular flexibility index (Phi) is 2.43. The van der Waals surface area contributed by atoms with Crippen LogP contribution in [0.1, 0.15) is 5.56 Å². The highest BCUT2D eigenvalue weighted by molar-refractivity contribution is 14.1. The van der Waals surface area contributed by atoms with Crippen molar-refractivity contribution in [2.75, 3.05) is 0 Å². The molecular formula is C7H6FIN2. The molecule has 0 unspecified atom stereocenters. The van der Waals surface area contributed by atoms with Crippen LogP contribution in [0.2, 0.25) is 0 Å². The molecule has 1 aromatic rings. The highest BCUT2D eigenvalue weighted by Gasteiger charge is 2.01. The van der Waals surface area contributed by atoms with Crippen molar-refractivity contribution in [1.82, 2.24) is 0 Å². The molecular weight excluding hydrogens is 258 g/mol. The molecule has 2 nitrogen and oxygen atoms in total. The molecule has 0 atom stereocenters. The molecule has 3 N–H and O–H groups in total. The average molecular weight is 264 g/mol.